The fraction of sp³-hybridized carbons (Fsp3) is 0.320. The summed E-state index contributed by atoms with van der Waals surface area (Å²) in [6.07, 6.45) is 7.38. The molecule has 8 heteroatoms. The van der Waals surface area contributed by atoms with Crippen LogP contribution in [0.3, 0.4) is 0 Å². The number of likely N-dealkylation sites (N-methyl/N-ethyl adjacent to an activating group) is 1. The molecule has 3 N–H and O–H groups in total. The Morgan fingerprint density at radius 2 is 2.03 bits per heavy atom. The van der Waals surface area contributed by atoms with Gasteiger partial charge >= 0.3 is 0 Å². The number of nitrogens with zero attached hydrogens (tertiary/aromatic N) is 5. The van der Waals surface area contributed by atoms with Crippen LogP contribution in [-0.4, -0.2) is 40.5 Å². The highest BCUT2D eigenvalue weighted by molar-refractivity contribution is 5.85. The smallest absolute Gasteiger partial charge is 0.242 e. The van der Waals surface area contributed by atoms with E-state index < -0.39 is 0 Å². The topological polar surface area (TPSA) is 121 Å². The van der Waals surface area contributed by atoms with Crippen LogP contribution in [-0.2, 0) is 4.79 Å². The van der Waals surface area contributed by atoms with Crippen LogP contribution in [0, 0.1) is 11.3 Å². The summed E-state index contributed by atoms with van der Waals surface area (Å²) in [5, 5.41) is 12.0. The second kappa shape index (κ2) is 8.51. The number of carbonyl (C=O) groups is 1. The highest BCUT2D eigenvalue weighted by atomic mass is 16.2. The molecule has 8 nitrogen and oxygen atoms in total. The molecule has 4 heterocycles. The van der Waals surface area contributed by atoms with Crippen LogP contribution in [0.2, 0.25) is 0 Å². The first-order valence-electron chi connectivity index (χ1n) is 11.2. The van der Waals surface area contributed by atoms with Crippen LogP contribution >= 0.6 is 0 Å². The number of rotatable bonds is 5. The van der Waals surface area contributed by atoms with Gasteiger partial charge in [0.25, 0.3) is 0 Å². The molecule has 1 saturated heterocycles. The number of amides is 1. The van der Waals surface area contributed by atoms with Crippen LogP contribution in [0.25, 0.3) is 22.6 Å². The standard InChI is InChI=1S/C25H25N7O/c1-28-25(33)21-3-2-10-32(21)22-7-6-17(14-30-22)24-23(16-4-5-16)18(27)12-20(31-24)19-11-15(13-26)8-9-29-19/h6-9,11-12,14,16,21H,2-5,10H2,1H3,(H2,27,31)(H,28,33). The van der Waals surface area contributed by atoms with E-state index in [1.54, 1.807) is 25.4 Å². The Morgan fingerprint density at radius 3 is 2.73 bits per heavy atom. The molecule has 2 fully saturated rings. The van der Waals surface area contributed by atoms with E-state index in [1.165, 1.54) is 0 Å². The zero-order chi connectivity index (χ0) is 22.9. The van der Waals surface area contributed by atoms with Gasteiger partial charge < -0.3 is 16.0 Å². The Balaban J connectivity index is 1.53. The van der Waals surface area contributed by atoms with Gasteiger partial charge in [0, 0.05) is 42.8 Å². The first-order valence-corrected chi connectivity index (χ1v) is 11.2. The third-order valence-electron chi connectivity index (χ3n) is 6.35. The third-order valence-corrected chi connectivity index (χ3v) is 6.35. The maximum atomic E-state index is 12.2. The van der Waals surface area contributed by atoms with Gasteiger partial charge in [0.1, 0.15) is 11.9 Å². The molecule has 0 aromatic carbocycles. The Morgan fingerprint density at radius 1 is 1.18 bits per heavy atom. The van der Waals surface area contributed by atoms with Gasteiger partial charge in [0.05, 0.1) is 28.7 Å². The number of nitrogens with two attached hydrogens (primary N) is 1. The van der Waals surface area contributed by atoms with Gasteiger partial charge in [-0.05, 0) is 61.9 Å². The fourth-order valence-corrected chi connectivity index (χ4v) is 4.54. The van der Waals surface area contributed by atoms with Gasteiger partial charge in [0.2, 0.25) is 5.91 Å². The Bertz CT molecular complexity index is 1240. The lowest BCUT2D eigenvalue weighted by molar-refractivity contribution is -0.121. The highest BCUT2D eigenvalue weighted by Gasteiger charge is 2.32. The van der Waals surface area contributed by atoms with Crippen molar-refractivity contribution >= 4 is 17.4 Å². The minimum Gasteiger partial charge on any atom is -0.398 e. The Kier molecular flexibility index (Phi) is 5.38. The maximum Gasteiger partial charge on any atom is 0.242 e. The van der Waals surface area contributed by atoms with E-state index in [1.807, 2.05) is 24.4 Å². The molecule has 0 spiro atoms. The number of nitrogens with one attached hydrogen (secondary N) is 1. The van der Waals surface area contributed by atoms with Crippen molar-refractivity contribution in [2.45, 2.75) is 37.6 Å². The molecule has 3 aromatic heterocycles. The lowest BCUT2D eigenvalue weighted by Gasteiger charge is -2.24. The molecule has 3 aromatic rings. The highest BCUT2D eigenvalue weighted by Crippen LogP contribution is 2.47. The van der Waals surface area contributed by atoms with Crippen molar-refractivity contribution in [3.05, 3.63) is 53.9 Å². The van der Waals surface area contributed by atoms with Crippen molar-refractivity contribution in [1.29, 1.82) is 5.26 Å². The van der Waals surface area contributed by atoms with E-state index in [9.17, 15) is 10.1 Å². The number of anilines is 2. The zero-order valence-electron chi connectivity index (χ0n) is 18.5. The zero-order valence-corrected chi connectivity index (χ0v) is 18.5. The fourth-order valence-electron chi connectivity index (χ4n) is 4.54. The van der Waals surface area contributed by atoms with Crippen molar-refractivity contribution in [1.82, 2.24) is 20.3 Å². The van der Waals surface area contributed by atoms with E-state index in [0.717, 1.165) is 54.9 Å². The second-order valence-electron chi connectivity index (χ2n) is 8.55. The molecule has 33 heavy (non-hydrogen) atoms. The van der Waals surface area contributed by atoms with E-state index in [0.29, 0.717) is 28.6 Å². The Hall–Kier alpha value is -3.99. The summed E-state index contributed by atoms with van der Waals surface area (Å²) in [6, 6.07) is 11.1. The summed E-state index contributed by atoms with van der Waals surface area (Å²) < 4.78 is 0. The number of hydrogen-bond acceptors (Lipinski definition) is 7. The molecule has 1 aliphatic heterocycles. The second-order valence-corrected chi connectivity index (χ2v) is 8.55. The van der Waals surface area contributed by atoms with E-state index in [-0.39, 0.29) is 11.9 Å². The van der Waals surface area contributed by atoms with Crippen molar-refractivity contribution < 1.29 is 4.79 Å². The number of nitrogen functional groups attached to an aromatic ring is 1. The summed E-state index contributed by atoms with van der Waals surface area (Å²) in [6.45, 7) is 0.805. The van der Waals surface area contributed by atoms with Crippen LogP contribution in [0.4, 0.5) is 11.5 Å². The van der Waals surface area contributed by atoms with E-state index >= 15 is 0 Å². The summed E-state index contributed by atoms with van der Waals surface area (Å²) in [4.78, 5) is 28.3. The molecule has 0 radical (unpaired) electrons. The molecule has 1 atom stereocenters. The van der Waals surface area contributed by atoms with Crippen LogP contribution < -0.4 is 16.0 Å². The van der Waals surface area contributed by atoms with E-state index in [2.05, 4.69) is 21.3 Å². The number of pyridine rings is 3. The van der Waals surface area contributed by atoms with E-state index in [4.69, 9.17) is 15.7 Å². The largest absolute Gasteiger partial charge is 0.398 e. The minimum absolute atomic E-state index is 0.0173. The average Bonchev–Trinajstić information content (AvgIpc) is 3.57. The van der Waals surface area contributed by atoms with Gasteiger partial charge in [-0.25, -0.2) is 9.97 Å². The summed E-state index contributed by atoms with van der Waals surface area (Å²) >= 11 is 0. The van der Waals surface area contributed by atoms with Crippen molar-refractivity contribution in [2.24, 2.45) is 0 Å². The molecule has 1 amide bonds. The van der Waals surface area contributed by atoms with Crippen LogP contribution in [0.15, 0.2) is 42.7 Å². The molecule has 1 saturated carbocycles. The van der Waals surface area contributed by atoms with Crippen molar-refractivity contribution in [2.75, 3.05) is 24.2 Å². The lowest BCUT2D eigenvalue weighted by atomic mass is 10.00. The normalized spacial score (nSPS) is 17.6. The molecule has 1 unspecified atom stereocenters. The van der Waals surface area contributed by atoms with Gasteiger partial charge in [-0.15, -0.1) is 0 Å². The predicted molar refractivity (Wildman–Crippen MR) is 126 cm³/mol. The third kappa shape index (κ3) is 3.98. The summed E-state index contributed by atoms with van der Waals surface area (Å²) in [5.41, 5.74) is 11.7. The summed E-state index contributed by atoms with van der Waals surface area (Å²) in [5.74, 6) is 1.20. The van der Waals surface area contributed by atoms with Gasteiger partial charge in [-0.3, -0.25) is 9.78 Å². The molecule has 5 rings (SSSR count). The number of nitriles is 1. The predicted octanol–water partition coefficient (Wildman–Crippen LogP) is 3.25. The average molecular weight is 440 g/mol. The molecular formula is C25H25N7O. The first kappa shape index (κ1) is 20.9. The maximum absolute atomic E-state index is 12.2. The van der Waals surface area contributed by atoms with Crippen LogP contribution in [0.1, 0.15) is 42.7 Å². The van der Waals surface area contributed by atoms with Gasteiger partial charge in [-0.2, -0.15) is 5.26 Å². The number of hydrogen-bond donors (Lipinski definition) is 2. The van der Waals surface area contributed by atoms with Gasteiger partial charge in [-0.1, -0.05) is 0 Å². The SMILES string of the molecule is CNC(=O)C1CCCN1c1ccc(-c2nc(-c3cc(C#N)ccn3)cc(N)c2C2CC2)cn1. The monoisotopic (exact) mass is 439 g/mol. The quantitative estimate of drug-likeness (QED) is 0.626. The molecule has 2 aliphatic rings. The Labute approximate surface area is 192 Å². The number of aromatic nitrogens is 3. The minimum atomic E-state index is -0.189. The van der Waals surface area contributed by atoms with Crippen molar-refractivity contribution in [3.8, 4) is 28.7 Å². The van der Waals surface area contributed by atoms with Crippen molar-refractivity contribution in [3.63, 3.8) is 0 Å². The van der Waals surface area contributed by atoms with Crippen LogP contribution in [0.5, 0.6) is 0 Å². The lowest BCUT2D eigenvalue weighted by Crippen LogP contribution is -2.42. The first-order chi connectivity index (χ1) is 16.1. The number of carbonyl (C=O) groups excluding carboxylic acids is 1. The van der Waals surface area contributed by atoms with Gasteiger partial charge in [0.15, 0.2) is 0 Å². The molecule has 166 valence electrons. The molecular weight excluding hydrogens is 414 g/mol. The molecule has 1 aliphatic carbocycles. The summed E-state index contributed by atoms with van der Waals surface area (Å²) in [7, 11) is 1.67. The molecule has 0 bridgehead atoms.